The lowest BCUT2D eigenvalue weighted by atomic mass is 10.0. The average molecular weight is 196 g/mol. The highest BCUT2D eigenvalue weighted by molar-refractivity contribution is 4.86. The molecule has 0 aromatic rings. The number of hydrogen-bond acceptors (Lipinski definition) is 2. The summed E-state index contributed by atoms with van der Waals surface area (Å²) < 4.78 is 11.6. The zero-order chi connectivity index (χ0) is 9.64. The van der Waals surface area contributed by atoms with E-state index in [1.807, 2.05) is 0 Å². The number of rotatable bonds is 0. The van der Waals surface area contributed by atoms with E-state index < -0.39 is 0 Å². The Hall–Kier alpha value is -0.340. The fraction of sp³-hybridized carbons (Fsp3) is 0.833. The molecule has 0 aromatic carbocycles. The van der Waals surface area contributed by atoms with Gasteiger partial charge in [-0.25, -0.2) is 0 Å². The van der Waals surface area contributed by atoms with Crippen molar-refractivity contribution in [2.24, 2.45) is 0 Å². The second kappa shape index (κ2) is 5.52. The molecular formula is C12H20O2. The van der Waals surface area contributed by atoms with Crippen LogP contribution in [0.1, 0.15) is 38.5 Å². The molecule has 2 atom stereocenters. The molecule has 0 N–H and O–H groups in total. The van der Waals surface area contributed by atoms with E-state index in [-0.39, 0.29) is 0 Å². The minimum absolute atomic E-state index is 0.353. The lowest BCUT2D eigenvalue weighted by Gasteiger charge is -2.32. The lowest BCUT2D eigenvalue weighted by molar-refractivity contribution is -0.108. The van der Waals surface area contributed by atoms with Crippen LogP contribution >= 0.6 is 0 Å². The second-order valence-corrected chi connectivity index (χ2v) is 4.15. The molecule has 0 aromatic heterocycles. The van der Waals surface area contributed by atoms with Gasteiger partial charge < -0.3 is 9.47 Å². The molecule has 2 rings (SSSR count). The number of ether oxygens (including phenoxy) is 2. The van der Waals surface area contributed by atoms with Gasteiger partial charge >= 0.3 is 0 Å². The Morgan fingerprint density at radius 2 is 1.50 bits per heavy atom. The van der Waals surface area contributed by atoms with Crippen molar-refractivity contribution in [1.29, 1.82) is 0 Å². The molecule has 0 aliphatic carbocycles. The SMILES string of the molecule is C1=C\CC[C@H]2OCCC[C@@H]2OCCC/1. The Morgan fingerprint density at radius 3 is 2.43 bits per heavy atom. The highest BCUT2D eigenvalue weighted by Gasteiger charge is 2.25. The van der Waals surface area contributed by atoms with Crippen molar-refractivity contribution in [3.63, 3.8) is 0 Å². The van der Waals surface area contributed by atoms with Crippen LogP contribution in [0.25, 0.3) is 0 Å². The van der Waals surface area contributed by atoms with Gasteiger partial charge in [-0.2, -0.15) is 0 Å². The molecule has 2 heterocycles. The normalized spacial score (nSPS) is 37.1. The molecule has 1 saturated heterocycles. The summed E-state index contributed by atoms with van der Waals surface area (Å²) in [4.78, 5) is 0. The van der Waals surface area contributed by atoms with Gasteiger partial charge in [-0.3, -0.25) is 0 Å². The molecule has 0 radical (unpaired) electrons. The van der Waals surface area contributed by atoms with Crippen molar-refractivity contribution in [2.45, 2.75) is 50.7 Å². The first-order valence-corrected chi connectivity index (χ1v) is 5.85. The first kappa shape index (κ1) is 10.2. The van der Waals surface area contributed by atoms with Crippen molar-refractivity contribution in [1.82, 2.24) is 0 Å². The van der Waals surface area contributed by atoms with Gasteiger partial charge in [0.05, 0.1) is 12.2 Å². The summed E-state index contributed by atoms with van der Waals surface area (Å²) >= 11 is 0. The van der Waals surface area contributed by atoms with E-state index in [9.17, 15) is 0 Å². The zero-order valence-electron chi connectivity index (χ0n) is 8.78. The molecule has 0 amide bonds. The number of fused-ring (bicyclic) bond motifs is 1. The topological polar surface area (TPSA) is 18.5 Å². The smallest absolute Gasteiger partial charge is 0.0839 e. The van der Waals surface area contributed by atoms with Crippen LogP contribution in [0.2, 0.25) is 0 Å². The van der Waals surface area contributed by atoms with Crippen molar-refractivity contribution < 1.29 is 9.47 Å². The number of allylic oxidation sites excluding steroid dienone is 2. The first-order valence-electron chi connectivity index (χ1n) is 5.85. The molecule has 0 spiro atoms. The quantitative estimate of drug-likeness (QED) is 0.555. The van der Waals surface area contributed by atoms with Gasteiger partial charge in [0.2, 0.25) is 0 Å². The monoisotopic (exact) mass is 196 g/mol. The first-order chi connectivity index (χ1) is 6.97. The fourth-order valence-corrected chi connectivity index (χ4v) is 2.20. The van der Waals surface area contributed by atoms with E-state index in [0.29, 0.717) is 12.2 Å². The van der Waals surface area contributed by atoms with E-state index in [1.165, 1.54) is 6.42 Å². The van der Waals surface area contributed by atoms with Crippen LogP contribution in [0.5, 0.6) is 0 Å². The summed E-state index contributed by atoms with van der Waals surface area (Å²) in [6.07, 6.45) is 12.2. The van der Waals surface area contributed by atoms with Crippen LogP contribution in [-0.4, -0.2) is 25.4 Å². The summed E-state index contributed by atoms with van der Waals surface area (Å²) in [6, 6.07) is 0. The summed E-state index contributed by atoms with van der Waals surface area (Å²) in [6.45, 7) is 1.82. The van der Waals surface area contributed by atoms with Crippen molar-refractivity contribution in [2.75, 3.05) is 13.2 Å². The second-order valence-electron chi connectivity index (χ2n) is 4.15. The average Bonchev–Trinajstić information content (AvgIpc) is 2.25. The molecule has 2 heteroatoms. The van der Waals surface area contributed by atoms with Gasteiger partial charge in [-0.05, 0) is 38.5 Å². The number of hydrogen-bond donors (Lipinski definition) is 0. The molecule has 0 saturated carbocycles. The lowest BCUT2D eigenvalue weighted by Crippen LogP contribution is -2.36. The highest BCUT2D eigenvalue weighted by atomic mass is 16.5. The molecule has 0 bridgehead atoms. The Balaban J connectivity index is 1.90. The van der Waals surface area contributed by atoms with Gasteiger partial charge in [0.15, 0.2) is 0 Å². The Bertz CT molecular complexity index is 189. The van der Waals surface area contributed by atoms with Crippen molar-refractivity contribution in [3.05, 3.63) is 12.2 Å². The molecule has 2 aliphatic heterocycles. The summed E-state index contributed by atoms with van der Waals surface area (Å²) in [5.41, 5.74) is 0. The molecule has 0 unspecified atom stereocenters. The summed E-state index contributed by atoms with van der Waals surface area (Å²) in [5, 5.41) is 0. The molecule has 1 fully saturated rings. The van der Waals surface area contributed by atoms with Gasteiger partial charge in [0, 0.05) is 13.2 Å². The minimum Gasteiger partial charge on any atom is -0.376 e. The summed E-state index contributed by atoms with van der Waals surface area (Å²) in [5.74, 6) is 0. The van der Waals surface area contributed by atoms with E-state index in [1.54, 1.807) is 0 Å². The van der Waals surface area contributed by atoms with Gasteiger partial charge in [0.25, 0.3) is 0 Å². The maximum absolute atomic E-state index is 5.86. The van der Waals surface area contributed by atoms with Crippen LogP contribution in [-0.2, 0) is 9.47 Å². The van der Waals surface area contributed by atoms with Gasteiger partial charge in [-0.15, -0.1) is 0 Å². The van der Waals surface area contributed by atoms with Crippen molar-refractivity contribution in [3.8, 4) is 0 Å². The highest BCUT2D eigenvalue weighted by Crippen LogP contribution is 2.22. The van der Waals surface area contributed by atoms with Crippen LogP contribution in [0.3, 0.4) is 0 Å². The Morgan fingerprint density at radius 1 is 0.786 bits per heavy atom. The maximum Gasteiger partial charge on any atom is 0.0839 e. The predicted octanol–water partition coefficient (Wildman–Crippen LogP) is 2.68. The predicted molar refractivity (Wildman–Crippen MR) is 56.3 cm³/mol. The van der Waals surface area contributed by atoms with E-state index in [0.717, 1.165) is 45.3 Å². The largest absolute Gasteiger partial charge is 0.376 e. The Labute approximate surface area is 86.3 Å². The zero-order valence-corrected chi connectivity index (χ0v) is 8.78. The minimum atomic E-state index is 0.353. The molecular weight excluding hydrogens is 176 g/mol. The molecule has 2 aliphatic rings. The van der Waals surface area contributed by atoms with Crippen LogP contribution in [0.15, 0.2) is 12.2 Å². The Kier molecular flexibility index (Phi) is 4.02. The molecule has 80 valence electrons. The van der Waals surface area contributed by atoms with Crippen LogP contribution in [0.4, 0.5) is 0 Å². The third-order valence-electron chi connectivity index (χ3n) is 3.01. The standard InChI is InChI=1S/C12H20O2/c1-2-4-7-11-12(8-6-10-14-11)13-9-5-3-1/h1-2,11-12H,3-10H2/b2-1-/t11-,12+/m1/s1. The fourth-order valence-electron chi connectivity index (χ4n) is 2.20. The maximum atomic E-state index is 5.86. The summed E-state index contributed by atoms with van der Waals surface area (Å²) in [7, 11) is 0. The van der Waals surface area contributed by atoms with E-state index in [2.05, 4.69) is 12.2 Å². The third kappa shape index (κ3) is 2.82. The van der Waals surface area contributed by atoms with Crippen LogP contribution in [0, 0.1) is 0 Å². The molecule has 14 heavy (non-hydrogen) atoms. The van der Waals surface area contributed by atoms with Crippen LogP contribution < -0.4 is 0 Å². The van der Waals surface area contributed by atoms with Gasteiger partial charge in [-0.1, -0.05) is 12.2 Å². The van der Waals surface area contributed by atoms with E-state index >= 15 is 0 Å². The van der Waals surface area contributed by atoms with E-state index in [4.69, 9.17) is 9.47 Å². The van der Waals surface area contributed by atoms with Gasteiger partial charge in [0.1, 0.15) is 0 Å². The third-order valence-corrected chi connectivity index (χ3v) is 3.01. The van der Waals surface area contributed by atoms with Crippen molar-refractivity contribution >= 4 is 0 Å². The molecule has 2 nitrogen and oxygen atoms in total.